The number of rotatable bonds is 3. The van der Waals surface area contributed by atoms with E-state index in [2.05, 4.69) is 15.0 Å². The van der Waals surface area contributed by atoms with Gasteiger partial charge in [-0.05, 0) is 12.0 Å². The van der Waals surface area contributed by atoms with Crippen molar-refractivity contribution >= 4 is 23.2 Å². The Morgan fingerprint density at radius 1 is 1.50 bits per heavy atom. The van der Waals surface area contributed by atoms with E-state index in [0.717, 1.165) is 12.0 Å². The highest BCUT2D eigenvalue weighted by Gasteiger charge is 2.36. The number of aliphatic hydroxyl groups is 2. The second-order valence-corrected chi connectivity index (χ2v) is 4.35. The summed E-state index contributed by atoms with van der Waals surface area (Å²) in [4.78, 5) is 12.1. The molecule has 1 aliphatic carbocycles. The Kier molecular flexibility index (Phi) is 2.49. The molecule has 3 rings (SSSR count). The van der Waals surface area contributed by atoms with Crippen LogP contribution in [0.4, 0.5) is 5.82 Å². The molecule has 7 nitrogen and oxygen atoms in total. The molecule has 2 aromatic heterocycles. The maximum atomic E-state index is 9.49. The van der Waals surface area contributed by atoms with Crippen molar-refractivity contribution in [2.45, 2.75) is 12.5 Å². The van der Waals surface area contributed by atoms with Gasteiger partial charge >= 0.3 is 0 Å². The van der Waals surface area contributed by atoms with Crippen LogP contribution in [0, 0.1) is 5.92 Å². The van der Waals surface area contributed by atoms with Crippen LogP contribution in [0.25, 0.3) is 17.4 Å². The second kappa shape index (κ2) is 4.04. The lowest BCUT2D eigenvalue weighted by Gasteiger charge is -2.01. The van der Waals surface area contributed by atoms with E-state index in [9.17, 15) is 5.11 Å². The van der Waals surface area contributed by atoms with Crippen molar-refractivity contribution in [3.05, 3.63) is 18.2 Å². The van der Waals surface area contributed by atoms with Crippen LogP contribution >= 0.6 is 0 Å². The van der Waals surface area contributed by atoms with Gasteiger partial charge in [0.15, 0.2) is 17.0 Å². The first kappa shape index (κ1) is 11.1. The highest BCUT2D eigenvalue weighted by Crippen LogP contribution is 2.41. The van der Waals surface area contributed by atoms with Crippen LogP contribution in [0.3, 0.4) is 0 Å². The number of nitrogens with two attached hydrogens (primary N) is 1. The number of anilines is 1. The fraction of sp³-hybridized carbons (Fsp3) is 0.364. The Morgan fingerprint density at radius 2 is 2.33 bits per heavy atom. The zero-order valence-corrected chi connectivity index (χ0v) is 9.56. The molecule has 0 spiro atoms. The lowest BCUT2D eigenvalue weighted by Crippen LogP contribution is -2.14. The van der Waals surface area contributed by atoms with Crippen molar-refractivity contribution in [2.24, 2.45) is 5.92 Å². The van der Waals surface area contributed by atoms with Crippen molar-refractivity contribution < 1.29 is 10.2 Å². The summed E-state index contributed by atoms with van der Waals surface area (Å²) in [5.41, 5.74) is 7.96. The molecule has 1 fully saturated rings. The quantitative estimate of drug-likeness (QED) is 0.682. The summed E-state index contributed by atoms with van der Waals surface area (Å²) < 4.78 is 1.76. The summed E-state index contributed by atoms with van der Waals surface area (Å²) >= 11 is 0. The van der Waals surface area contributed by atoms with Crippen LogP contribution in [0.15, 0.2) is 18.2 Å². The van der Waals surface area contributed by atoms with Crippen molar-refractivity contribution in [1.82, 2.24) is 19.5 Å². The van der Waals surface area contributed by atoms with Gasteiger partial charge < -0.3 is 15.9 Å². The van der Waals surface area contributed by atoms with Crippen LogP contribution in [-0.2, 0) is 0 Å². The van der Waals surface area contributed by atoms with Gasteiger partial charge in [-0.25, -0.2) is 15.0 Å². The van der Waals surface area contributed by atoms with E-state index in [1.54, 1.807) is 10.9 Å². The SMILES string of the molecule is Nc1ncnc2c1ncn2/C=C1\C[C@@H]1[C@H](O)CO. The van der Waals surface area contributed by atoms with Crippen LogP contribution in [0.5, 0.6) is 0 Å². The maximum Gasteiger partial charge on any atom is 0.169 e. The molecular weight excluding hydrogens is 234 g/mol. The first-order chi connectivity index (χ1) is 8.70. The number of nitrogens with zero attached hydrogens (tertiary/aromatic N) is 4. The molecular formula is C11H13N5O2. The minimum Gasteiger partial charge on any atom is -0.394 e. The van der Waals surface area contributed by atoms with E-state index < -0.39 is 6.10 Å². The van der Waals surface area contributed by atoms with E-state index in [0.29, 0.717) is 17.0 Å². The molecule has 0 aromatic carbocycles. The lowest BCUT2D eigenvalue weighted by atomic mass is 10.2. The predicted octanol–water partition coefficient (Wildman–Crippen LogP) is -0.378. The normalized spacial score (nSPS) is 22.6. The average molecular weight is 247 g/mol. The fourth-order valence-corrected chi connectivity index (χ4v) is 2.00. The van der Waals surface area contributed by atoms with Crippen LogP contribution in [0.2, 0.25) is 0 Å². The van der Waals surface area contributed by atoms with Crippen LogP contribution in [-0.4, -0.2) is 42.4 Å². The van der Waals surface area contributed by atoms with Gasteiger partial charge in [0.05, 0.1) is 12.7 Å². The number of aromatic nitrogens is 4. The molecule has 7 heteroatoms. The molecule has 0 aliphatic heterocycles. The standard InChI is InChI=1S/C11H13N5O2/c12-10-9-11(14-4-13-10)16(5-15-9)2-6-1-7(6)8(18)3-17/h2,4-5,7-8,17-18H,1,3H2,(H2,12,13,14)/b6-2+/t7-,8+/m0/s1. The van der Waals surface area contributed by atoms with E-state index in [1.165, 1.54) is 6.33 Å². The predicted molar refractivity (Wildman–Crippen MR) is 65.2 cm³/mol. The van der Waals surface area contributed by atoms with Crippen LogP contribution < -0.4 is 5.73 Å². The van der Waals surface area contributed by atoms with E-state index >= 15 is 0 Å². The molecule has 0 radical (unpaired) electrons. The molecule has 0 amide bonds. The molecule has 0 bridgehead atoms. The molecule has 4 N–H and O–H groups in total. The molecule has 2 atom stereocenters. The second-order valence-electron chi connectivity index (χ2n) is 4.35. The Hall–Kier alpha value is -1.99. The van der Waals surface area contributed by atoms with Gasteiger partial charge in [-0.1, -0.05) is 0 Å². The van der Waals surface area contributed by atoms with E-state index in [-0.39, 0.29) is 12.5 Å². The van der Waals surface area contributed by atoms with Gasteiger partial charge in [0, 0.05) is 12.1 Å². The van der Waals surface area contributed by atoms with Gasteiger partial charge in [-0.15, -0.1) is 0 Å². The molecule has 1 saturated carbocycles. The number of hydrogen-bond donors (Lipinski definition) is 3. The first-order valence-electron chi connectivity index (χ1n) is 5.63. The van der Waals surface area contributed by atoms with Gasteiger partial charge in [-0.3, -0.25) is 4.57 Å². The number of fused-ring (bicyclic) bond motifs is 1. The smallest absolute Gasteiger partial charge is 0.169 e. The third-order valence-corrected chi connectivity index (χ3v) is 3.12. The van der Waals surface area contributed by atoms with Crippen molar-refractivity contribution in [1.29, 1.82) is 0 Å². The number of aliphatic hydroxyl groups excluding tert-OH is 2. The maximum absolute atomic E-state index is 9.49. The summed E-state index contributed by atoms with van der Waals surface area (Å²) in [6.07, 6.45) is 4.96. The van der Waals surface area contributed by atoms with Crippen molar-refractivity contribution in [2.75, 3.05) is 12.3 Å². The van der Waals surface area contributed by atoms with Crippen molar-refractivity contribution in [3.8, 4) is 0 Å². The summed E-state index contributed by atoms with van der Waals surface area (Å²) in [5, 5.41) is 18.4. The molecule has 94 valence electrons. The van der Waals surface area contributed by atoms with E-state index in [1.807, 2.05) is 6.20 Å². The topological polar surface area (TPSA) is 110 Å². The Bertz CT molecular complexity index is 621. The summed E-state index contributed by atoms with van der Waals surface area (Å²) in [5.74, 6) is 0.381. The van der Waals surface area contributed by atoms with Crippen LogP contribution in [0.1, 0.15) is 6.42 Å². The highest BCUT2D eigenvalue weighted by molar-refractivity contribution is 5.82. The first-order valence-corrected chi connectivity index (χ1v) is 5.63. The summed E-state index contributed by atoms with van der Waals surface area (Å²) in [7, 11) is 0. The molecule has 1 aliphatic rings. The Morgan fingerprint density at radius 3 is 3.11 bits per heavy atom. The number of imidazole rings is 1. The van der Waals surface area contributed by atoms with E-state index in [4.69, 9.17) is 10.8 Å². The fourth-order valence-electron chi connectivity index (χ4n) is 2.00. The van der Waals surface area contributed by atoms with Crippen molar-refractivity contribution in [3.63, 3.8) is 0 Å². The van der Waals surface area contributed by atoms with Gasteiger partial charge in [0.2, 0.25) is 0 Å². The Labute approximate surface area is 103 Å². The highest BCUT2D eigenvalue weighted by atomic mass is 16.3. The van der Waals surface area contributed by atoms with Gasteiger partial charge in [0.1, 0.15) is 12.7 Å². The molecule has 18 heavy (non-hydrogen) atoms. The molecule has 2 aromatic rings. The zero-order chi connectivity index (χ0) is 12.7. The summed E-state index contributed by atoms with van der Waals surface area (Å²) in [6.45, 7) is -0.220. The Balaban J connectivity index is 1.93. The minimum atomic E-state index is -0.689. The average Bonchev–Trinajstić information content (AvgIpc) is 3.02. The summed E-state index contributed by atoms with van der Waals surface area (Å²) in [6, 6.07) is 0. The molecule has 2 heterocycles. The third kappa shape index (κ3) is 1.73. The lowest BCUT2D eigenvalue weighted by molar-refractivity contribution is 0.0815. The molecule has 0 saturated heterocycles. The van der Waals surface area contributed by atoms with Gasteiger partial charge in [-0.2, -0.15) is 0 Å². The minimum absolute atomic E-state index is 0.0339. The largest absolute Gasteiger partial charge is 0.394 e. The number of hydrogen-bond acceptors (Lipinski definition) is 6. The van der Waals surface area contributed by atoms with Gasteiger partial charge in [0.25, 0.3) is 0 Å². The number of nitrogen functional groups attached to an aromatic ring is 1. The zero-order valence-electron chi connectivity index (χ0n) is 9.56. The monoisotopic (exact) mass is 247 g/mol. The third-order valence-electron chi connectivity index (χ3n) is 3.12. The molecule has 0 unspecified atom stereocenters.